The molecule has 1 aromatic rings. The lowest BCUT2D eigenvalue weighted by molar-refractivity contribution is -0.218. The van der Waals surface area contributed by atoms with E-state index in [1.54, 1.807) is 19.1 Å². The topological polar surface area (TPSA) is 372 Å². The number of aliphatic imine (C=N–C) groups is 1. The number of aryl methyl sites for hydroxylation is 1. The van der Waals surface area contributed by atoms with Gasteiger partial charge in [-0.15, -0.1) is 0 Å². The fourth-order valence-electron chi connectivity index (χ4n) is 5.50. The van der Waals surface area contributed by atoms with Gasteiger partial charge < -0.3 is 73.8 Å². The summed E-state index contributed by atoms with van der Waals surface area (Å²) in [5, 5.41) is 66.3. The third-order valence-corrected chi connectivity index (χ3v) is 8.55. The molecule has 0 bridgehead atoms. The number of nitrogens with two attached hydrogens (primary N) is 3. The summed E-state index contributed by atoms with van der Waals surface area (Å²) in [5.74, 6) is -7.01. The van der Waals surface area contributed by atoms with Gasteiger partial charge in [-0.2, -0.15) is 0 Å². The Hall–Kier alpha value is -4.93. The number of hydrogen-bond acceptors (Lipinski definition) is 13. The number of nitrogens with one attached hydrogen (secondary N) is 4. The normalized spacial score (nSPS) is 21.7. The van der Waals surface area contributed by atoms with Crippen molar-refractivity contribution < 1.29 is 64.1 Å². The summed E-state index contributed by atoms with van der Waals surface area (Å²) in [6.45, 7) is -0.0278. The molecule has 1 aliphatic heterocycles. The highest BCUT2D eigenvalue weighted by atomic mass is 16.5. The van der Waals surface area contributed by atoms with E-state index < -0.39 is 110 Å². The van der Waals surface area contributed by atoms with Gasteiger partial charge in [-0.1, -0.05) is 24.3 Å². The molecule has 0 aromatic heterocycles. The highest BCUT2D eigenvalue weighted by Crippen LogP contribution is 2.24. The molecule has 16 N–H and O–H groups in total. The van der Waals surface area contributed by atoms with Gasteiger partial charge in [0.2, 0.25) is 23.6 Å². The second-order valence-electron chi connectivity index (χ2n) is 12.9. The van der Waals surface area contributed by atoms with E-state index in [2.05, 4.69) is 20.9 Å². The summed E-state index contributed by atoms with van der Waals surface area (Å²) in [6.07, 6.45) is -3.78. The van der Waals surface area contributed by atoms with Crippen molar-refractivity contribution in [2.45, 2.75) is 107 Å². The molecule has 0 saturated carbocycles. The van der Waals surface area contributed by atoms with Crippen LogP contribution < -0.4 is 38.5 Å². The molecule has 9 atom stereocenters. The second kappa shape index (κ2) is 22.3. The average molecular weight is 769 g/mol. The lowest BCUT2D eigenvalue weighted by Crippen LogP contribution is -2.56. The Kier molecular flexibility index (Phi) is 18.7. The number of guanidine groups is 1. The van der Waals surface area contributed by atoms with Crippen LogP contribution in [0.1, 0.15) is 50.2 Å². The summed E-state index contributed by atoms with van der Waals surface area (Å²) >= 11 is 0. The van der Waals surface area contributed by atoms with Crippen LogP contribution in [-0.4, -0.2) is 147 Å². The zero-order chi connectivity index (χ0) is 40.5. The van der Waals surface area contributed by atoms with Gasteiger partial charge in [0, 0.05) is 6.54 Å². The van der Waals surface area contributed by atoms with Gasteiger partial charge in [-0.25, -0.2) is 4.79 Å². The number of carboxylic acids is 2. The third-order valence-electron chi connectivity index (χ3n) is 8.55. The van der Waals surface area contributed by atoms with Crippen molar-refractivity contribution in [1.82, 2.24) is 21.3 Å². The maximum absolute atomic E-state index is 13.1. The van der Waals surface area contributed by atoms with Gasteiger partial charge in [0.1, 0.15) is 36.4 Å². The minimum absolute atomic E-state index is 0.0144. The van der Waals surface area contributed by atoms with Crippen molar-refractivity contribution in [2.75, 3.05) is 19.7 Å². The lowest BCUT2D eigenvalue weighted by atomic mass is 9.92. The van der Waals surface area contributed by atoms with Crippen molar-refractivity contribution in [3.63, 3.8) is 0 Å². The van der Waals surface area contributed by atoms with E-state index in [-0.39, 0.29) is 31.8 Å². The van der Waals surface area contributed by atoms with Gasteiger partial charge in [-0.3, -0.25) is 29.0 Å². The number of amides is 4. The van der Waals surface area contributed by atoms with Crippen molar-refractivity contribution in [2.24, 2.45) is 22.2 Å². The van der Waals surface area contributed by atoms with E-state index in [9.17, 15) is 44.1 Å². The first-order valence-corrected chi connectivity index (χ1v) is 17.2. The monoisotopic (exact) mass is 768 g/mol. The molecule has 21 heteroatoms. The van der Waals surface area contributed by atoms with Crippen LogP contribution in [0.15, 0.2) is 29.3 Å². The smallest absolute Gasteiger partial charge is 0.328 e. The Labute approximate surface area is 310 Å². The van der Waals surface area contributed by atoms with E-state index in [1.165, 1.54) is 0 Å². The molecule has 1 fully saturated rings. The van der Waals surface area contributed by atoms with Crippen LogP contribution in [0.4, 0.5) is 0 Å². The molecule has 1 heterocycles. The fraction of sp³-hybridized carbons (Fsp3) is 0.606. The molecule has 4 amide bonds. The molecule has 1 saturated heterocycles. The predicted molar refractivity (Wildman–Crippen MR) is 189 cm³/mol. The lowest BCUT2D eigenvalue weighted by Gasteiger charge is -2.39. The quantitative estimate of drug-likeness (QED) is 0.0298. The molecule has 0 spiro atoms. The molecular formula is C33H52N8O13. The van der Waals surface area contributed by atoms with Crippen molar-refractivity contribution in [3.05, 3.63) is 35.4 Å². The number of aliphatic hydroxyl groups excluding tert-OH is 4. The predicted octanol–water partition coefficient (Wildman–Crippen LogP) is -5.08. The first-order valence-electron chi connectivity index (χ1n) is 17.2. The SMILES string of the molecule is CC1O[C@@H](CCCc2ccc(CC(N)C(=O)NC(CCCN=C(N)N)C(=O)NCC(=O)N[C@@H](CC(=O)O)C(=O)NC(CO)C(=O)O)cc2)C(O)[C@H](O)[C@H]1O. The van der Waals surface area contributed by atoms with E-state index in [1.807, 2.05) is 17.4 Å². The van der Waals surface area contributed by atoms with Crippen LogP contribution in [0.5, 0.6) is 0 Å². The van der Waals surface area contributed by atoms with E-state index in [0.717, 1.165) is 11.1 Å². The molecule has 21 nitrogen and oxygen atoms in total. The number of ether oxygens (including phenoxy) is 1. The van der Waals surface area contributed by atoms with E-state index in [4.69, 9.17) is 37.3 Å². The number of carbonyl (C=O) groups is 6. The van der Waals surface area contributed by atoms with Crippen LogP contribution in [0.25, 0.3) is 0 Å². The molecular weight excluding hydrogens is 716 g/mol. The Morgan fingerprint density at radius 1 is 0.833 bits per heavy atom. The number of aliphatic hydroxyl groups is 4. The first kappa shape index (κ1) is 45.2. The zero-order valence-corrected chi connectivity index (χ0v) is 29.8. The second-order valence-corrected chi connectivity index (χ2v) is 12.9. The Morgan fingerprint density at radius 3 is 2.06 bits per heavy atom. The third kappa shape index (κ3) is 15.2. The van der Waals surface area contributed by atoms with Crippen LogP contribution in [0.3, 0.4) is 0 Å². The molecule has 5 unspecified atom stereocenters. The first-order chi connectivity index (χ1) is 25.4. The Bertz CT molecular complexity index is 1460. The minimum atomic E-state index is -1.76. The molecule has 0 aliphatic carbocycles. The highest BCUT2D eigenvalue weighted by molar-refractivity contribution is 5.95. The van der Waals surface area contributed by atoms with Crippen molar-refractivity contribution in [1.29, 1.82) is 0 Å². The number of benzene rings is 1. The summed E-state index contributed by atoms with van der Waals surface area (Å²) in [4.78, 5) is 77.4. The molecule has 302 valence electrons. The van der Waals surface area contributed by atoms with Gasteiger partial charge in [0.25, 0.3) is 0 Å². The Morgan fingerprint density at radius 2 is 1.46 bits per heavy atom. The largest absolute Gasteiger partial charge is 0.481 e. The van der Waals surface area contributed by atoms with Crippen LogP contribution >= 0.6 is 0 Å². The number of rotatable bonds is 22. The highest BCUT2D eigenvalue weighted by Gasteiger charge is 2.41. The minimum Gasteiger partial charge on any atom is -0.481 e. The average Bonchev–Trinajstić information content (AvgIpc) is 3.11. The van der Waals surface area contributed by atoms with E-state index in [0.29, 0.717) is 19.3 Å². The maximum atomic E-state index is 13.1. The number of carbonyl (C=O) groups excluding carboxylic acids is 4. The summed E-state index contributed by atoms with van der Waals surface area (Å²) in [7, 11) is 0. The van der Waals surface area contributed by atoms with Crippen LogP contribution in [-0.2, 0) is 46.3 Å². The van der Waals surface area contributed by atoms with Crippen LogP contribution in [0, 0.1) is 0 Å². The van der Waals surface area contributed by atoms with Crippen molar-refractivity contribution >= 4 is 41.5 Å². The van der Waals surface area contributed by atoms with Crippen molar-refractivity contribution in [3.8, 4) is 0 Å². The van der Waals surface area contributed by atoms with E-state index >= 15 is 0 Å². The molecule has 0 radical (unpaired) electrons. The van der Waals surface area contributed by atoms with Crippen LogP contribution in [0.2, 0.25) is 0 Å². The summed E-state index contributed by atoms with van der Waals surface area (Å²) in [5.41, 5.74) is 18.5. The molecule has 2 rings (SSSR count). The zero-order valence-electron chi connectivity index (χ0n) is 29.8. The fourth-order valence-corrected chi connectivity index (χ4v) is 5.50. The molecule has 54 heavy (non-hydrogen) atoms. The summed E-state index contributed by atoms with van der Waals surface area (Å²) < 4.78 is 5.64. The molecule has 1 aliphatic rings. The Balaban J connectivity index is 1.97. The maximum Gasteiger partial charge on any atom is 0.328 e. The van der Waals surface area contributed by atoms with Gasteiger partial charge in [0.15, 0.2) is 5.96 Å². The number of hydrogen-bond donors (Lipinski definition) is 13. The van der Waals surface area contributed by atoms with Gasteiger partial charge in [0.05, 0.1) is 37.8 Å². The number of nitrogens with zero attached hydrogens (tertiary/aromatic N) is 1. The van der Waals surface area contributed by atoms with Gasteiger partial charge in [-0.05, 0) is 56.6 Å². The number of carboxylic acid groups (broad SMARTS) is 2. The molecule has 1 aromatic carbocycles. The summed E-state index contributed by atoms with van der Waals surface area (Å²) in [6, 6.07) is 1.47. The standard InChI is InChI=1S/C33H52N8O13/c1-16-26(46)28(48)27(47)23(54-16)6-2-4-17-7-9-18(10-8-17)12-19(34)29(49)40-20(5-3-11-37-33(35)36)30(50)38-14-24(43)39-21(13-25(44)45)31(51)41-22(15-42)32(52)53/h7-10,16,19-23,26-28,42,46-48H,2-6,11-15,34H2,1H3,(H,38,50)(H,39,43)(H,40,49)(H,41,51)(H,44,45)(H,52,53)(H4,35,36,37)/t16?,19?,20?,21-,22?,23-,26-,27?,28+/m0/s1. The van der Waals surface area contributed by atoms with Gasteiger partial charge >= 0.3 is 11.9 Å². The number of aliphatic carboxylic acids is 2.